The second-order valence-corrected chi connectivity index (χ2v) is 0.469. The zero-order valence-electron chi connectivity index (χ0n) is 3.57. The van der Waals surface area contributed by atoms with Crippen molar-refractivity contribution in [3.63, 3.8) is 0 Å². The van der Waals surface area contributed by atoms with E-state index in [1.807, 2.05) is 0 Å². The summed E-state index contributed by atoms with van der Waals surface area (Å²) in [5.41, 5.74) is 0. The molecule has 0 aromatic carbocycles. The average molecular weight is 166 g/mol. The zero-order chi connectivity index (χ0) is 5.41. The Labute approximate surface area is 86.3 Å². The largest absolute Gasteiger partial charge is 1.00 e. The summed E-state index contributed by atoms with van der Waals surface area (Å²) in [5.74, 6) is 0. The summed E-state index contributed by atoms with van der Waals surface area (Å²) in [7, 11) is -1.92. The van der Waals surface area contributed by atoms with Crippen LogP contribution in [0.1, 0.15) is 0 Å². The van der Waals surface area contributed by atoms with E-state index in [2.05, 4.69) is 0 Å². The van der Waals surface area contributed by atoms with E-state index in [0.29, 0.717) is 0 Å². The molecule has 0 aromatic heterocycles. The Morgan fingerprint density at radius 3 is 1.43 bits per heavy atom. The molecule has 0 bridgehead atoms. The Hall–Kier alpha value is 1.76. The van der Waals surface area contributed by atoms with Crippen LogP contribution in [0.3, 0.4) is 0 Å². The van der Waals surface area contributed by atoms with Crippen molar-refractivity contribution in [1.82, 2.24) is 0 Å². The third-order valence-corrected chi connectivity index (χ3v) is 0. The standard InChI is InChI=1S/K.2HO2P/c;2*1-3-2/h;2*(H,1,2)/q+1;;/p-1. The van der Waals surface area contributed by atoms with Crippen LogP contribution in [-0.4, -0.2) is 4.89 Å². The van der Waals surface area contributed by atoms with Crippen LogP contribution in [0, 0.1) is 0 Å². The Balaban J connectivity index is -0.0000000400. The van der Waals surface area contributed by atoms with Gasteiger partial charge in [-0.2, -0.15) is 0 Å². The predicted molar refractivity (Wildman–Crippen MR) is 17.4 cm³/mol. The maximum absolute atomic E-state index is 8.46. The van der Waals surface area contributed by atoms with E-state index < -0.39 is 17.4 Å². The SMILES string of the molecule is O=PO.O=P[O-].[K+]. The number of hydrogen-bond acceptors (Lipinski definition) is 3. The van der Waals surface area contributed by atoms with Crippen molar-refractivity contribution in [2.75, 3.05) is 0 Å². The Morgan fingerprint density at radius 1 is 1.43 bits per heavy atom. The van der Waals surface area contributed by atoms with Crippen LogP contribution >= 0.6 is 17.4 Å². The average Bonchev–Trinajstić information content (AvgIpc) is 1.39. The fraction of sp³-hybridized carbons (Fsp3) is 0. The summed E-state index contributed by atoms with van der Waals surface area (Å²) in [6, 6.07) is 0. The van der Waals surface area contributed by atoms with E-state index in [-0.39, 0.29) is 51.4 Å². The molecule has 0 rings (SSSR count). The van der Waals surface area contributed by atoms with Gasteiger partial charge in [0.1, 0.15) is 0 Å². The van der Waals surface area contributed by atoms with Crippen molar-refractivity contribution < 1.29 is 70.3 Å². The van der Waals surface area contributed by atoms with E-state index in [4.69, 9.17) is 18.9 Å². The van der Waals surface area contributed by atoms with Crippen molar-refractivity contribution in [2.24, 2.45) is 0 Å². The summed E-state index contributed by atoms with van der Waals surface area (Å²) < 4.78 is 16.8. The molecule has 0 amide bonds. The van der Waals surface area contributed by atoms with Crippen LogP contribution in [0.25, 0.3) is 0 Å². The van der Waals surface area contributed by atoms with Crippen molar-refractivity contribution in [1.29, 1.82) is 0 Å². The van der Waals surface area contributed by atoms with Crippen molar-refractivity contribution >= 4 is 17.4 Å². The van der Waals surface area contributed by atoms with Gasteiger partial charge >= 0.3 is 60.1 Å². The molecular weight excluding hydrogens is 165 g/mol. The van der Waals surface area contributed by atoms with Crippen LogP contribution in [0.15, 0.2) is 0 Å². The third kappa shape index (κ3) is 83.3. The van der Waals surface area contributed by atoms with Gasteiger partial charge in [-0.15, -0.1) is 0 Å². The monoisotopic (exact) mass is 166 g/mol. The fourth-order valence-electron chi connectivity index (χ4n) is 0. The first-order valence-corrected chi connectivity index (χ1v) is 2.24. The first-order chi connectivity index (χ1) is 2.83. The molecule has 0 saturated carbocycles. The molecule has 7 heavy (non-hydrogen) atoms. The fourth-order valence-corrected chi connectivity index (χ4v) is 0. The topological polar surface area (TPSA) is 77.4 Å². The smallest absolute Gasteiger partial charge is 0.772 e. The molecule has 4 nitrogen and oxygen atoms in total. The predicted octanol–water partition coefficient (Wildman–Crippen LogP) is -3.26. The van der Waals surface area contributed by atoms with Crippen LogP contribution in [0.2, 0.25) is 0 Å². The van der Waals surface area contributed by atoms with Gasteiger partial charge in [0.15, 0.2) is 0 Å². The van der Waals surface area contributed by atoms with Gasteiger partial charge in [0, 0.05) is 0 Å². The van der Waals surface area contributed by atoms with E-state index in [0.717, 1.165) is 0 Å². The third-order valence-electron chi connectivity index (χ3n) is 0. The first-order valence-electron chi connectivity index (χ1n) is 0.748. The van der Waals surface area contributed by atoms with Crippen molar-refractivity contribution in [2.45, 2.75) is 0 Å². The molecule has 0 atom stereocenters. The van der Waals surface area contributed by atoms with Crippen LogP contribution in [-0.2, 0) is 9.13 Å². The minimum atomic E-state index is -1.08. The molecule has 0 fully saturated rings. The van der Waals surface area contributed by atoms with Gasteiger partial charge in [-0.05, 0) is 0 Å². The Kier molecular flexibility index (Phi) is 57.0. The van der Waals surface area contributed by atoms with E-state index in [1.54, 1.807) is 0 Å². The summed E-state index contributed by atoms with van der Waals surface area (Å²) in [6.45, 7) is 0. The molecule has 0 aliphatic heterocycles. The molecule has 0 spiro atoms. The van der Waals surface area contributed by atoms with Gasteiger partial charge in [0.2, 0.25) is 0 Å². The van der Waals surface area contributed by atoms with Crippen LogP contribution < -0.4 is 56.3 Å². The molecule has 0 aliphatic carbocycles. The van der Waals surface area contributed by atoms with E-state index in [9.17, 15) is 0 Å². The molecule has 0 unspecified atom stereocenters. The van der Waals surface area contributed by atoms with Gasteiger partial charge < -0.3 is 9.79 Å². The van der Waals surface area contributed by atoms with Crippen LogP contribution in [0.4, 0.5) is 0 Å². The molecule has 1 N–H and O–H groups in total. The molecule has 0 aliphatic rings. The second kappa shape index (κ2) is 25.1. The van der Waals surface area contributed by atoms with Crippen molar-refractivity contribution in [3.05, 3.63) is 0 Å². The maximum atomic E-state index is 8.46. The molecular formula is HKO4P2. The zero-order valence-corrected chi connectivity index (χ0v) is 8.48. The summed E-state index contributed by atoms with van der Waals surface area (Å²) >= 11 is 0. The number of rotatable bonds is 0. The summed E-state index contributed by atoms with van der Waals surface area (Å²) in [5, 5.41) is 0. The minimum absolute atomic E-state index is 0. The molecule has 0 heterocycles. The first kappa shape index (κ1) is 15.9. The van der Waals surface area contributed by atoms with Gasteiger partial charge in [-0.3, -0.25) is 4.57 Å². The Bertz CT molecular complexity index is 30.7. The maximum Gasteiger partial charge on any atom is 1.00 e. The molecule has 36 valence electrons. The van der Waals surface area contributed by atoms with Gasteiger partial charge in [0.05, 0.1) is 8.69 Å². The quantitative estimate of drug-likeness (QED) is 0.302. The summed E-state index contributed by atoms with van der Waals surface area (Å²) in [6.07, 6.45) is 0. The normalized spacial score (nSPS) is 6.00. The summed E-state index contributed by atoms with van der Waals surface area (Å²) in [4.78, 5) is 15.3. The van der Waals surface area contributed by atoms with E-state index >= 15 is 0 Å². The molecule has 0 radical (unpaired) electrons. The minimum Gasteiger partial charge on any atom is -0.772 e. The molecule has 0 saturated heterocycles. The van der Waals surface area contributed by atoms with Crippen molar-refractivity contribution in [3.8, 4) is 0 Å². The van der Waals surface area contributed by atoms with Gasteiger partial charge in [0.25, 0.3) is 0 Å². The second-order valence-electron chi connectivity index (χ2n) is 0.156. The molecule has 0 aromatic rings. The molecule has 7 heteroatoms. The van der Waals surface area contributed by atoms with Gasteiger partial charge in [-0.25, -0.2) is 4.57 Å². The van der Waals surface area contributed by atoms with E-state index in [1.165, 1.54) is 0 Å². The van der Waals surface area contributed by atoms with Crippen LogP contribution in [0.5, 0.6) is 0 Å². The Morgan fingerprint density at radius 2 is 1.43 bits per heavy atom. The number of hydrogen-bond donors (Lipinski definition) is 1. The van der Waals surface area contributed by atoms with Gasteiger partial charge in [-0.1, -0.05) is 0 Å².